The molecule has 1 heterocycles. The van der Waals surface area contributed by atoms with Crippen molar-refractivity contribution in [2.75, 3.05) is 11.9 Å². The third-order valence-corrected chi connectivity index (χ3v) is 4.29. The van der Waals surface area contributed by atoms with E-state index in [1.54, 1.807) is 6.20 Å². The van der Waals surface area contributed by atoms with E-state index < -0.39 is 0 Å². The molecule has 1 aromatic heterocycles. The summed E-state index contributed by atoms with van der Waals surface area (Å²) in [4.78, 5) is 16.3. The Hall–Kier alpha value is -0.940. The van der Waals surface area contributed by atoms with Gasteiger partial charge in [0.1, 0.15) is 4.60 Å². The van der Waals surface area contributed by atoms with Crippen LogP contribution in [0.2, 0.25) is 0 Å². The molecule has 1 aliphatic carbocycles. The molecular formula is C12H16BrN3O. The number of aromatic nitrogens is 1. The SMILES string of the molecule is Cc1cc(NC(=O)C2(CN)CCC2)cnc1Br. The zero-order valence-corrected chi connectivity index (χ0v) is 11.4. The van der Waals surface area contributed by atoms with Gasteiger partial charge in [-0.2, -0.15) is 0 Å². The van der Waals surface area contributed by atoms with Crippen LogP contribution in [-0.2, 0) is 4.79 Å². The molecule has 0 spiro atoms. The molecule has 0 saturated heterocycles. The number of halogens is 1. The Morgan fingerprint density at radius 2 is 2.35 bits per heavy atom. The van der Waals surface area contributed by atoms with Crippen LogP contribution in [-0.4, -0.2) is 17.4 Å². The predicted molar refractivity (Wildman–Crippen MR) is 70.6 cm³/mol. The summed E-state index contributed by atoms with van der Waals surface area (Å²) >= 11 is 3.33. The molecule has 17 heavy (non-hydrogen) atoms. The largest absolute Gasteiger partial charge is 0.329 e. The second-order valence-corrected chi connectivity index (χ2v) is 5.37. The highest BCUT2D eigenvalue weighted by Gasteiger charge is 2.42. The highest BCUT2D eigenvalue weighted by atomic mass is 79.9. The summed E-state index contributed by atoms with van der Waals surface area (Å²) < 4.78 is 0.799. The summed E-state index contributed by atoms with van der Waals surface area (Å²) in [7, 11) is 0. The first-order valence-corrected chi connectivity index (χ1v) is 6.50. The lowest BCUT2D eigenvalue weighted by Gasteiger charge is -2.39. The summed E-state index contributed by atoms with van der Waals surface area (Å²) in [5.74, 6) is 0.0229. The zero-order chi connectivity index (χ0) is 12.5. The Bertz CT molecular complexity index is 438. The molecule has 1 aromatic rings. The number of nitrogens with zero attached hydrogens (tertiary/aromatic N) is 1. The fourth-order valence-electron chi connectivity index (χ4n) is 2.02. The van der Waals surface area contributed by atoms with Crippen LogP contribution in [0, 0.1) is 12.3 Å². The highest BCUT2D eigenvalue weighted by Crippen LogP contribution is 2.40. The van der Waals surface area contributed by atoms with Gasteiger partial charge in [-0.25, -0.2) is 4.98 Å². The molecule has 2 rings (SSSR count). The smallest absolute Gasteiger partial charge is 0.231 e. The number of carbonyl (C=O) groups is 1. The minimum Gasteiger partial charge on any atom is -0.329 e. The van der Waals surface area contributed by atoms with Crippen LogP contribution in [0.15, 0.2) is 16.9 Å². The number of anilines is 1. The van der Waals surface area contributed by atoms with Crippen molar-refractivity contribution in [2.45, 2.75) is 26.2 Å². The Balaban J connectivity index is 2.10. The van der Waals surface area contributed by atoms with Crippen molar-refractivity contribution in [1.82, 2.24) is 4.98 Å². The Kier molecular flexibility index (Phi) is 3.49. The molecule has 1 amide bonds. The summed E-state index contributed by atoms with van der Waals surface area (Å²) in [6, 6.07) is 1.90. The Labute approximate surface area is 109 Å². The molecule has 0 atom stereocenters. The topological polar surface area (TPSA) is 68.0 Å². The van der Waals surface area contributed by atoms with E-state index in [4.69, 9.17) is 5.73 Å². The van der Waals surface area contributed by atoms with E-state index in [-0.39, 0.29) is 11.3 Å². The first kappa shape index (κ1) is 12.5. The number of nitrogens with one attached hydrogen (secondary N) is 1. The Morgan fingerprint density at radius 1 is 1.65 bits per heavy atom. The van der Waals surface area contributed by atoms with Crippen LogP contribution in [0.3, 0.4) is 0 Å². The normalized spacial score (nSPS) is 17.4. The van der Waals surface area contributed by atoms with Crippen molar-refractivity contribution >= 4 is 27.5 Å². The third-order valence-electron chi connectivity index (χ3n) is 3.46. The molecule has 0 unspecified atom stereocenters. The van der Waals surface area contributed by atoms with Crippen molar-refractivity contribution in [3.8, 4) is 0 Å². The van der Waals surface area contributed by atoms with Gasteiger partial charge in [0.05, 0.1) is 17.3 Å². The molecule has 1 aliphatic rings. The van der Waals surface area contributed by atoms with Gasteiger partial charge >= 0.3 is 0 Å². The van der Waals surface area contributed by atoms with Gasteiger partial charge in [0.25, 0.3) is 0 Å². The van der Waals surface area contributed by atoms with Gasteiger partial charge in [-0.1, -0.05) is 6.42 Å². The van der Waals surface area contributed by atoms with Gasteiger partial charge in [-0.3, -0.25) is 4.79 Å². The van der Waals surface area contributed by atoms with Gasteiger partial charge in [0.15, 0.2) is 0 Å². The molecule has 1 saturated carbocycles. The molecule has 0 radical (unpaired) electrons. The van der Waals surface area contributed by atoms with Crippen molar-refractivity contribution in [2.24, 2.45) is 11.1 Å². The first-order valence-electron chi connectivity index (χ1n) is 5.71. The average Bonchev–Trinajstić information content (AvgIpc) is 2.23. The number of pyridine rings is 1. The summed E-state index contributed by atoms with van der Waals surface area (Å²) in [6.45, 7) is 2.36. The molecule has 0 aromatic carbocycles. The number of aryl methyl sites for hydroxylation is 1. The number of hydrogen-bond donors (Lipinski definition) is 2. The maximum atomic E-state index is 12.1. The molecule has 1 fully saturated rings. The second-order valence-electron chi connectivity index (χ2n) is 4.62. The van der Waals surface area contributed by atoms with Crippen LogP contribution in [0.4, 0.5) is 5.69 Å². The maximum absolute atomic E-state index is 12.1. The standard InChI is InChI=1S/C12H16BrN3O/c1-8-5-9(6-15-10(8)13)16-11(17)12(7-14)3-2-4-12/h5-6H,2-4,7,14H2,1H3,(H,16,17). The van der Waals surface area contributed by atoms with Crippen molar-refractivity contribution in [3.63, 3.8) is 0 Å². The molecule has 92 valence electrons. The van der Waals surface area contributed by atoms with E-state index in [1.807, 2.05) is 13.0 Å². The fraction of sp³-hybridized carbons (Fsp3) is 0.500. The number of amides is 1. The molecule has 0 aliphatic heterocycles. The van der Waals surface area contributed by atoms with Gasteiger partial charge < -0.3 is 11.1 Å². The number of hydrogen-bond acceptors (Lipinski definition) is 3. The minimum atomic E-state index is -0.346. The molecule has 0 bridgehead atoms. The van der Waals surface area contributed by atoms with Crippen LogP contribution in [0.5, 0.6) is 0 Å². The van der Waals surface area contributed by atoms with Crippen molar-refractivity contribution in [3.05, 3.63) is 22.4 Å². The number of rotatable bonds is 3. The van der Waals surface area contributed by atoms with Crippen LogP contribution in [0.1, 0.15) is 24.8 Å². The van der Waals surface area contributed by atoms with Crippen molar-refractivity contribution < 1.29 is 4.79 Å². The van der Waals surface area contributed by atoms with E-state index >= 15 is 0 Å². The van der Waals surface area contributed by atoms with E-state index in [1.165, 1.54) is 0 Å². The lowest BCUT2D eigenvalue weighted by Crippen LogP contribution is -2.47. The molecule has 4 nitrogen and oxygen atoms in total. The van der Waals surface area contributed by atoms with Gasteiger partial charge in [0.2, 0.25) is 5.91 Å². The lowest BCUT2D eigenvalue weighted by atomic mass is 9.68. The average molecular weight is 298 g/mol. The zero-order valence-electron chi connectivity index (χ0n) is 9.79. The van der Waals surface area contributed by atoms with Gasteiger partial charge in [0, 0.05) is 6.54 Å². The van der Waals surface area contributed by atoms with Crippen molar-refractivity contribution in [1.29, 1.82) is 0 Å². The van der Waals surface area contributed by atoms with Gasteiger partial charge in [-0.15, -0.1) is 0 Å². The van der Waals surface area contributed by atoms with Crippen LogP contribution < -0.4 is 11.1 Å². The molecular weight excluding hydrogens is 282 g/mol. The van der Waals surface area contributed by atoms with Crippen LogP contribution >= 0.6 is 15.9 Å². The maximum Gasteiger partial charge on any atom is 0.231 e. The first-order chi connectivity index (χ1) is 8.07. The quantitative estimate of drug-likeness (QED) is 0.841. The molecule has 5 heteroatoms. The van der Waals surface area contributed by atoms with E-state index in [0.29, 0.717) is 6.54 Å². The summed E-state index contributed by atoms with van der Waals surface area (Å²) in [6.07, 6.45) is 4.51. The summed E-state index contributed by atoms with van der Waals surface area (Å²) in [5.41, 5.74) is 7.08. The monoisotopic (exact) mass is 297 g/mol. The molecule has 3 N–H and O–H groups in total. The Morgan fingerprint density at radius 3 is 2.82 bits per heavy atom. The van der Waals surface area contributed by atoms with Crippen LogP contribution in [0.25, 0.3) is 0 Å². The van der Waals surface area contributed by atoms with E-state index in [2.05, 4.69) is 26.2 Å². The second kappa shape index (κ2) is 4.74. The van der Waals surface area contributed by atoms with Gasteiger partial charge in [-0.05, 0) is 47.3 Å². The number of nitrogens with two attached hydrogens (primary N) is 1. The number of carbonyl (C=O) groups excluding carboxylic acids is 1. The highest BCUT2D eigenvalue weighted by molar-refractivity contribution is 9.10. The predicted octanol–water partition coefficient (Wildman–Crippen LogP) is 2.22. The van der Waals surface area contributed by atoms with E-state index in [0.717, 1.165) is 35.1 Å². The summed E-state index contributed by atoms with van der Waals surface area (Å²) in [5, 5.41) is 2.90. The lowest BCUT2D eigenvalue weighted by molar-refractivity contribution is -0.129. The third kappa shape index (κ3) is 2.35. The minimum absolute atomic E-state index is 0.0229. The fourth-order valence-corrected chi connectivity index (χ4v) is 2.23. The van der Waals surface area contributed by atoms with E-state index in [9.17, 15) is 4.79 Å².